The van der Waals surface area contributed by atoms with E-state index < -0.39 is 0 Å². The van der Waals surface area contributed by atoms with Crippen LogP contribution >= 0.6 is 24.0 Å². The van der Waals surface area contributed by atoms with Gasteiger partial charge < -0.3 is 15.4 Å². The Bertz CT molecular complexity index is 537. The maximum Gasteiger partial charge on any atom is 0.257 e. The molecule has 0 spiro atoms. The SMILES string of the molecule is CC(C)Oc1ccc(Cl)cc1C(=O)N1CCC(C)(CN)C1.Cl. The summed E-state index contributed by atoms with van der Waals surface area (Å²) in [5.74, 6) is 0.547. The van der Waals surface area contributed by atoms with Gasteiger partial charge in [0.1, 0.15) is 5.75 Å². The highest BCUT2D eigenvalue weighted by molar-refractivity contribution is 6.31. The topological polar surface area (TPSA) is 55.6 Å². The second-order valence-corrected chi connectivity index (χ2v) is 6.74. The van der Waals surface area contributed by atoms with Crippen LogP contribution in [0.5, 0.6) is 5.75 Å². The van der Waals surface area contributed by atoms with Gasteiger partial charge in [0.25, 0.3) is 5.91 Å². The van der Waals surface area contributed by atoms with Gasteiger partial charge in [-0.2, -0.15) is 0 Å². The van der Waals surface area contributed by atoms with Crippen molar-refractivity contribution < 1.29 is 9.53 Å². The first-order valence-corrected chi connectivity index (χ1v) is 7.68. The monoisotopic (exact) mass is 346 g/mol. The van der Waals surface area contributed by atoms with E-state index in [-0.39, 0.29) is 29.8 Å². The lowest BCUT2D eigenvalue weighted by molar-refractivity contribution is 0.0770. The van der Waals surface area contributed by atoms with Crippen molar-refractivity contribution in [2.24, 2.45) is 11.1 Å². The number of hydrogen-bond acceptors (Lipinski definition) is 3. The number of nitrogens with zero attached hydrogens (tertiary/aromatic N) is 1. The molecule has 1 atom stereocenters. The number of carbonyl (C=O) groups excluding carboxylic acids is 1. The average molecular weight is 347 g/mol. The minimum absolute atomic E-state index is 0. The quantitative estimate of drug-likeness (QED) is 0.909. The van der Waals surface area contributed by atoms with Crippen molar-refractivity contribution >= 4 is 29.9 Å². The molecule has 1 aromatic carbocycles. The predicted octanol–water partition coefficient (Wildman–Crippen LogP) is 3.36. The first kappa shape index (κ1) is 19.1. The summed E-state index contributed by atoms with van der Waals surface area (Å²) in [6, 6.07) is 5.18. The Labute approximate surface area is 143 Å². The number of ether oxygens (including phenoxy) is 1. The van der Waals surface area contributed by atoms with Gasteiger partial charge in [-0.25, -0.2) is 0 Å². The molecule has 124 valence electrons. The third-order valence-corrected chi connectivity index (χ3v) is 4.11. The van der Waals surface area contributed by atoms with Crippen molar-refractivity contribution in [2.75, 3.05) is 19.6 Å². The summed E-state index contributed by atoms with van der Waals surface area (Å²) >= 11 is 6.04. The van der Waals surface area contributed by atoms with Crippen LogP contribution in [-0.4, -0.2) is 36.5 Å². The van der Waals surface area contributed by atoms with E-state index in [9.17, 15) is 4.79 Å². The molecule has 1 aliphatic heterocycles. The van der Waals surface area contributed by atoms with E-state index in [2.05, 4.69) is 6.92 Å². The third-order valence-electron chi connectivity index (χ3n) is 3.87. The van der Waals surface area contributed by atoms with Gasteiger partial charge in [0.05, 0.1) is 11.7 Å². The van der Waals surface area contributed by atoms with Gasteiger partial charge >= 0.3 is 0 Å². The van der Waals surface area contributed by atoms with Crippen molar-refractivity contribution in [1.29, 1.82) is 0 Å². The molecule has 1 saturated heterocycles. The molecule has 2 N–H and O–H groups in total. The lowest BCUT2D eigenvalue weighted by atomic mass is 9.90. The van der Waals surface area contributed by atoms with Gasteiger partial charge in [-0.3, -0.25) is 4.79 Å². The summed E-state index contributed by atoms with van der Waals surface area (Å²) in [5, 5.41) is 0.537. The molecule has 1 aliphatic rings. The van der Waals surface area contributed by atoms with E-state index in [1.165, 1.54) is 0 Å². The van der Waals surface area contributed by atoms with Crippen LogP contribution in [0.15, 0.2) is 18.2 Å². The van der Waals surface area contributed by atoms with Gasteiger partial charge in [0.2, 0.25) is 0 Å². The van der Waals surface area contributed by atoms with Crippen LogP contribution in [-0.2, 0) is 0 Å². The second kappa shape index (κ2) is 7.53. The molecule has 1 heterocycles. The zero-order valence-electron chi connectivity index (χ0n) is 13.3. The number of rotatable bonds is 4. The Morgan fingerprint density at radius 2 is 2.18 bits per heavy atom. The molecule has 0 aromatic heterocycles. The van der Waals surface area contributed by atoms with E-state index in [1.807, 2.05) is 18.7 Å². The van der Waals surface area contributed by atoms with Crippen LogP contribution in [0.4, 0.5) is 0 Å². The zero-order chi connectivity index (χ0) is 15.6. The minimum Gasteiger partial charge on any atom is -0.490 e. The number of likely N-dealkylation sites (tertiary alicyclic amines) is 1. The largest absolute Gasteiger partial charge is 0.490 e. The Morgan fingerprint density at radius 1 is 1.50 bits per heavy atom. The van der Waals surface area contributed by atoms with Crippen molar-refractivity contribution in [3.05, 3.63) is 28.8 Å². The van der Waals surface area contributed by atoms with Crippen molar-refractivity contribution in [2.45, 2.75) is 33.3 Å². The lowest BCUT2D eigenvalue weighted by Crippen LogP contribution is -2.34. The maximum atomic E-state index is 12.8. The summed E-state index contributed by atoms with van der Waals surface area (Å²) in [6.07, 6.45) is 0.932. The van der Waals surface area contributed by atoms with Crippen LogP contribution in [0.2, 0.25) is 5.02 Å². The molecule has 1 amide bonds. The highest BCUT2D eigenvalue weighted by Gasteiger charge is 2.36. The Kier molecular flexibility index (Phi) is 6.53. The van der Waals surface area contributed by atoms with Gasteiger partial charge in [-0.05, 0) is 50.4 Å². The molecule has 4 nitrogen and oxygen atoms in total. The van der Waals surface area contributed by atoms with Crippen LogP contribution in [0, 0.1) is 5.41 Å². The Balaban J connectivity index is 0.00000242. The molecule has 22 heavy (non-hydrogen) atoms. The van der Waals surface area contributed by atoms with E-state index in [0.717, 1.165) is 13.0 Å². The molecule has 0 radical (unpaired) electrons. The van der Waals surface area contributed by atoms with Crippen molar-refractivity contribution in [1.82, 2.24) is 4.90 Å². The van der Waals surface area contributed by atoms with Crippen molar-refractivity contribution in [3.8, 4) is 5.75 Å². The molecule has 0 saturated carbocycles. The molecule has 1 unspecified atom stereocenters. The number of amides is 1. The molecular formula is C16H24Cl2N2O2. The number of carbonyl (C=O) groups is 1. The highest BCUT2D eigenvalue weighted by Crippen LogP contribution is 2.32. The fourth-order valence-corrected chi connectivity index (χ4v) is 2.73. The normalized spacial score (nSPS) is 20.9. The van der Waals surface area contributed by atoms with E-state index in [4.69, 9.17) is 22.1 Å². The van der Waals surface area contributed by atoms with Gasteiger partial charge in [0.15, 0.2) is 0 Å². The Hall–Kier alpha value is -0.970. The molecule has 6 heteroatoms. The van der Waals surface area contributed by atoms with Crippen LogP contribution in [0.3, 0.4) is 0 Å². The first-order valence-electron chi connectivity index (χ1n) is 7.30. The molecule has 0 bridgehead atoms. The highest BCUT2D eigenvalue weighted by atomic mass is 35.5. The van der Waals surface area contributed by atoms with Crippen molar-refractivity contribution in [3.63, 3.8) is 0 Å². The van der Waals surface area contributed by atoms with Gasteiger partial charge in [-0.1, -0.05) is 18.5 Å². The summed E-state index contributed by atoms with van der Waals surface area (Å²) in [5.41, 5.74) is 6.34. The smallest absolute Gasteiger partial charge is 0.257 e. The van der Waals surface area contributed by atoms with Gasteiger partial charge in [0, 0.05) is 18.1 Å². The minimum atomic E-state index is -0.0367. The van der Waals surface area contributed by atoms with Crippen LogP contribution < -0.4 is 10.5 Å². The number of hydrogen-bond donors (Lipinski definition) is 1. The zero-order valence-corrected chi connectivity index (χ0v) is 14.8. The predicted molar refractivity (Wildman–Crippen MR) is 92.1 cm³/mol. The fourth-order valence-electron chi connectivity index (χ4n) is 2.56. The first-order chi connectivity index (χ1) is 9.84. The molecule has 0 aliphatic carbocycles. The standard InChI is InChI=1S/C16H23ClN2O2.ClH/c1-11(2)21-14-5-4-12(17)8-13(14)15(20)19-7-6-16(3,9-18)10-19;/h4-5,8,11H,6-7,9-10,18H2,1-3H3;1H. The number of nitrogens with two attached hydrogens (primary N) is 1. The summed E-state index contributed by atoms with van der Waals surface area (Å²) < 4.78 is 5.73. The number of halogens is 2. The van der Waals surface area contributed by atoms with E-state index >= 15 is 0 Å². The summed E-state index contributed by atoms with van der Waals surface area (Å²) in [6.45, 7) is 7.97. The lowest BCUT2D eigenvalue weighted by Gasteiger charge is -2.23. The third kappa shape index (κ3) is 4.28. The van der Waals surface area contributed by atoms with E-state index in [0.29, 0.717) is 29.4 Å². The molecular weight excluding hydrogens is 323 g/mol. The molecule has 1 fully saturated rings. The molecule has 1 aromatic rings. The van der Waals surface area contributed by atoms with Gasteiger partial charge in [-0.15, -0.1) is 12.4 Å². The second-order valence-electron chi connectivity index (χ2n) is 6.30. The van der Waals surface area contributed by atoms with Crippen LogP contribution in [0.25, 0.3) is 0 Å². The average Bonchev–Trinajstić information content (AvgIpc) is 2.83. The molecule has 2 rings (SSSR count). The van der Waals surface area contributed by atoms with Crippen LogP contribution in [0.1, 0.15) is 37.6 Å². The summed E-state index contributed by atoms with van der Waals surface area (Å²) in [4.78, 5) is 14.6. The maximum absolute atomic E-state index is 12.8. The fraction of sp³-hybridized carbons (Fsp3) is 0.562. The Morgan fingerprint density at radius 3 is 2.73 bits per heavy atom. The van der Waals surface area contributed by atoms with E-state index in [1.54, 1.807) is 18.2 Å². The number of benzene rings is 1. The summed E-state index contributed by atoms with van der Waals surface area (Å²) in [7, 11) is 0.